The third-order valence-corrected chi connectivity index (χ3v) is 8.02. The van der Waals surface area contributed by atoms with E-state index in [0.29, 0.717) is 51.5 Å². The van der Waals surface area contributed by atoms with Crippen LogP contribution in [0.4, 0.5) is 0 Å². The maximum atomic E-state index is 13.3. The zero-order chi connectivity index (χ0) is 24.1. The van der Waals surface area contributed by atoms with E-state index >= 15 is 0 Å². The fourth-order valence-corrected chi connectivity index (χ4v) is 5.72. The SMILES string of the molecule is COCCCCC(O)(c1ccccc1OCC1CC1)C1CCCN(C(=O)[C@H]2C[C@@H](N)[C@@H](O)C2)C1. The van der Waals surface area contributed by atoms with Gasteiger partial charge in [0, 0.05) is 50.2 Å². The molecule has 2 aliphatic carbocycles. The summed E-state index contributed by atoms with van der Waals surface area (Å²) < 4.78 is 11.4. The summed E-state index contributed by atoms with van der Waals surface area (Å²) in [5.74, 6) is 1.14. The lowest BCUT2D eigenvalue weighted by molar-refractivity contribution is -0.141. The molecule has 7 nitrogen and oxygen atoms in total. The highest BCUT2D eigenvalue weighted by molar-refractivity contribution is 5.79. The second-order valence-corrected chi connectivity index (χ2v) is 10.6. The first-order valence-corrected chi connectivity index (χ1v) is 13.1. The van der Waals surface area contributed by atoms with Crippen molar-refractivity contribution < 1.29 is 24.5 Å². The number of hydrogen-bond acceptors (Lipinski definition) is 6. The first kappa shape index (κ1) is 25.4. The van der Waals surface area contributed by atoms with Crippen molar-refractivity contribution in [3.05, 3.63) is 29.8 Å². The number of unbranched alkanes of at least 4 members (excludes halogenated alkanes) is 1. The number of aliphatic hydroxyl groups excluding tert-OH is 1. The average Bonchev–Trinajstić information content (AvgIpc) is 3.63. The van der Waals surface area contributed by atoms with Crippen LogP contribution in [0, 0.1) is 17.8 Å². The summed E-state index contributed by atoms with van der Waals surface area (Å²) in [6.07, 6.45) is 6.78. The quantitative estimate of drug-likeness (QED) is 0.426. The van der Waals surface area contributed by atoms with Crippen LogP contribution < -0.4 is 10.5 Å². The monoisotopic (exact) mass is 474 g/mol. The molecular weight excluding hydrogens is 432 g/mol. The van der Waals surface area contributed by atoms with Crippen molar-refractivity contribution in [3.8, 4) is 5.75 Å². The molecule has 3 fully saturated rings. The Hall–Kier alpha value is -1.67. The molecule has 1 saturated heterocycles. The van der Waals surface area contributed by atoms with Crippen molar-refractivity contribution >= 4 is 5.91 Å². The van der Waals surface area contributed by atoms with E-state index < -0.39 is 11.7 Å². The molecule has 3 aliphatic rings. The maximum absolute atomic E-state index is 13.3. The number of aliphatic hydroxyl groups is 2. The Kier molecular flexibility index (Phi) is 8.51. The number of benzene rings is 1. The minimum absolute atomic E-state index is 0.0664. The van der Waals surface area contributed by atoms with Gasteiger partial charge in [-0.15, -0.1) is 0 Å². The van der Waals surface area contributed by atoms with Gasteiger partial charge in [-0.05, 0) is 69.8 Å². The number of nitrogens with two attached hydrogens (primary N) is 1. The molecule has 2 saturated carbocycles. The molecule has 1 aliphatic heterocycles. The number of carbonyl (C=O) groups excluding carboxylic acids is 1. The molecule has 0 spiro atoms. The van der Waals surface area contributed by atoms with E-state index in [0.717, 1.165) is 37.0 Å². The molecule has 4 rings (SSSR count). The number of rotatable bonds is 11. The lowest BCUT2D eigenvalue weighted by Crippen LogP contribution is -2.49. The molecule has 1 amide bonds. The summed E-state index contributed by atoms with van der Waals surface area (Å²) in [6, 6.07) is 7.55. The fourth-order valence-electron chi connectivity index (χ4n) is 5.72. The van der Waals surface area contributed by atoms with Crippen molar-refractivity contribution in [2.24, 2.45) is 23.5 Å². The lowest BCUT2D eigenvalue weighted by atomic mass is 9.73. The second-order valence-electron chi connectivity index (χ2n) is 10.6. The van der Waals surface area contributed by atoms with E-state index in [9.17, 15) is 15.0 Å². The average molecular weight is 475 g/mol. The molecule has 1 heterocycles. The van der Waals surface area contributed by atoms with Crippen LogP contribution in [-0.2, 0) is 15.1 Å². The highest BCUT2D eigenvalue weighted by atomic mass is 16.5. The van der Waals surface area contributed by atoms with Gasteiger partial charge in [0.05, 0.1) is 18.3 Å². The number of para-hydroxylation sites is 1. The number of likely N-dealkylation sites (tertiary alicyclic amines) is 1. The number of nitrogens with zero attached hydrogens (tertiary/aromatic N) is 1. The molecule has 1 aromatic rings. The zero-order valence-electron chi connectivity index (χ0n) is 20.5. The molecule has 0 bridgehead atoms. The van der Waals surface area contributed by atoms with Crippen molar-refractivity contribution in [2.75, 3.05) is 33.4 Å². The third-order valence-electron chi connectivity index (χ3n) is 8.02. The van der Waals surface area contributed by atoms with Gasteiger partial charge in [-0.3, -0.25) is 4.79 Å². The van der Waals surface area contributed by atoms with Crippen LogP contribution in [0.1, 0.15) is 63.4 Å². The summed E-state index contributed by atoms with van der Waals surface area (Å²) in [6.45, 7) is 2.56. The zero-order valence-corrected chi connectivity index (χ0v) is 20.5. The van der Waals surface area contributed by atoms with Crippen LogP contribution in [0.15, 0.2) is 24.3 Å². The van der Waals surface area contributed by atoms with Crippen molar-refractivity contribution in [1.82, 2.24) is 4.90 Å². The Morgan fingerprint density at radius 1 is 1.21 bits per heavy atom. The number of piperidine rings is 1. The number of carbonyl (C=O) groups is 1. The molecule has 4 N–H and O–H groups in total. The number of amides is 1. The van der Waals surface area contributed by atoms with Gasteiger partial charge in [0.1, 0.15) is 5.75 Å². The Morgan fingerprint density at radius 3 is 2.71 bits per heavy atom. The van der Waals surface area contributed by atoms with Crippen molar-refractivity contribution in [3.63, 3.8) is 0 Å². The van der Waals surface area contributed by atoms with Crippen molar-refractivity contribution in [2.45, 2.75) is 75.5 Å². The molecule has 190 valence electrons. The van der Waals surface area contributed by atoms with E-state index in [2.05, 4.69) is 0 Å². The largest absolute Gasteiger partial charge is 0.493 e. The molecule has 34 heavy (non-hydrogen) atoms. The highest BCUT2D eigenvalue weighted by Crippen LogP contribution is 2.44. The molecule has 7 heteroatoms. The fraction of sp³-hybridized carbons (Fsp3) is 0.741. The Bertz CT molecular complexity index is 806. The van der Waals surface area contributed by atoms with E-state index in [-0.39, 0.29) is 23.8 Å². The van der Waals surface area contributed by atoms with Gasteiger partial charge in [0.25, 0.3) is 0 Å². The number of hydrogen-bond donors (Lipinski definition) is 3. The molecule has 2 unspecified atom stereocenters. The topological polar surface area (TPSA) is 105 Å². The van der Waals surface area contributed by atoms with Crippen LogP contribution in [0.3, 0.4) is 0 Å². The Labute approximate surface area is 203 Å². The van der Waals surface area contributed by atoms with Gasteiger partial charge in [-0.1, -0.05) is 18.2 Å². The van der Waals surface area contributed by atoms with Gasteiger partial charge >= 0.3 is 0 Å². The van der Waals surface area contributed by atoms with Gasteiger partial charge in [-0.25, -0.2) is 0 Å². The summed E-state index contributed by atoms with van der Waals surface area (Å²) in [5.41, 5.74) is 5.73. The van der Waals surface area contributed by atoms with Crippen LogP contribution >= 0.6 is 0 Å². The molecule has 0 aromatic heterocycles. The minimum atomic E-state index is -1.08. The predicted molar refractivity (Wildman–Crippen MR) is 130 cm³/mol. The van der Waals surface area contributed by atoms with E-state index in [1.807, 2.05) is 29.2 Å². The van der Waals surface area contributed by atoms with E-state index in [4.69, 9.17) is 15.2 Å². The van der Waals surface area contributed by atoms with Gasteiger partial charge < -0.3 is 30.3 Å². The van der Waals surface area contributed by atoms with Gasteiger partial charge in [0.2, 0.25) is 5.91 Å². The van der Waals surface area contributed by atoms with Crippen LogP contribution in [0.5, 0.6) is 5.75 Å². The van der Waals surface area contributed by atoms with E-state index in [1.54, 1.807) is 7.11 Å². The molecule has 1 aromatic carbocycles. The van der Waals surface area contributed by atoms with Gasteiger partial charge in [-0.2, -0.15) is 0 Å². The minimum Gasteiger partial charge on any atom is -0.493 e. The third kappa shape index (κ3) is 5.93. The highest BCUT2D eigenvalue weighted by Gasteiger charge is 2.44. The van der Waals surface area contributed by atoms with Gasteiger partial charge in [0.15, 0.2) is 0 Å². The second kappa shape index (κ2) is 11.4. The first-order chi connectivity index (χ1) is 16.4. The Balaban J connectivity index is 1.53. The van der Waals surface area contributed by atoms with Crippen LogP contribution in [-0.4, -0.2) is 66.6 Å². The van der Waals surface area contributed by atoms with Crippen LogP contribution in [0.2, 0.25) is 0 Å². The predicted octanol–water partition coefficient (Wildman–Crippen LogP) is 2.82. The summed E-state index contributed by atoms with van der Waals surface area (Å²) in [5, 5.41) is 22.3. The molecule has 5 atom stereocenters. The maximum Gasteiger partial charge on any atom is 0.225 e. The normalized spacial score (nSPS) is 29.1. The standard InChI is InChI=1S/C27H42N2O5/c1-33-14-5-4-12-27(32,22-8-2-3-9-25(22)34-18-19-10-11-19)21-7-6-13-29(17-21)26(31)20-15-23(28)24(30)16-20/h2-3,8-9,19-21,23-24,30,32H,4-7,10-18,28H2,1H3/t20-,21?,23+,24-,27?/m0/s1. The summed E-state index contributed by atoms with van der Waals surface area (Å²) in [7, 11) is 1.70. The number of methoxy groups -OCH3 is 1. The summed E-state index contributed by atoms with van der Waals surface area (Å²) >= 11 is 0. The first-order valence-electron chi connectivity index (χ1n) is 13.1. The van der Waals surface area contributed by atoms with E-state index in [1.165, 1.54) is 12.8 Å². The lowest BCUT2D eigenvalue weighted by Gasteiger charge is -2.44. The van der Waals surface area contributed by atoms with Crippen LogP contribution in [0.25, 0.3) is 0 Å². The Morgan fingerprint density at radius 2 is 2.00 bits per heavy atom. The molecule has 0 radical (unpaired) electrons. The number of ether oxygens (including phenoxy) is 2. The smallest absolute Gasteiger partial charge is 0.225 e. The van der Waals surface area contributed by atoms with Crippen molar-refractivity contribution in [1.29, 1.82) is 0 Å². The summed E-state index contributed by atoms with van der Waals surface area (Å²) in [4.78, 5) is 15.2. The molecular formula is C27H42N2O5.